The van der Waals surface area contributed by atoms with Crippen LogP contribution >= 0.6 is 22.9 Å². The summed E-state index contributed by atoms with van der Waals surface area (Å²) in [6.07, 6.45) is 7.90. The first-order chi connectivity index (χ1) is 21.4. The minimum Gasteiger partial charge on any atom is -0.488 e. The molecule has 11 heteroatoms. The van der Waals surface area contributed by atoms with Gasteiger partial charge >= 0.3 is 0 Å². The van der Waals surface area contributed by atoms with Crippen LogP contribution in [0.1, 0.15) is 38.4 Å². The zero-order valence-electron chi connectivity index (χ0n) is 25.7. The van der Waals surface area contributed by atoms with Crippen LogP contribution < -0.4 is 15.4 Å². The monoisotopic (exact) mass is 637 g/mol. The van der Waals surface area contributed by atoms with Crippen LogP contribution in [0.15, 0.2) is 55.0 Å². The Labute approximate surface area is 268 Å². The smallest absolute Gasteiger partial charge is 0.142 e. The van der Waals surface area contributed by atoms with Crippen molar-refractivity contribution in [2.24, 2.45) is 0 Å². The van der Waals surface area contributed by atoms with Crippen LogP contribution in [0, 0.1) is 0 Å². The molecule has 5 rings (SSSR count). The van der Waals surface area contributed by atoms with Crippen molar-refractivity contribution < 1.29 is 9.13 Å². The molecule has 0 fully saturated rings. The van der Waals surface area contributed by atoms with E-state index in [9.17, 15) is 4.39 Å². The number of fused-ring (bicyclic) bond motifs is 5. The Bertz CT molecular complexity index is 1620. The van der Waals surface area contributed by atoms with E-state index < -0.39 is 6.17 Å². The van der Waals surface area contributed by atoms with Crippen LogP contribution in [0.3, 0.4) is 0 Å². The molecule has 8 nitrogen and oxygen atoms in total. The van der Waals surface area contributed by atoms with Gasteiger partial charge in [-0.1, -0.05) is 31.5 Å². The zero-order valence-corrected chi connectivity index (χ0v) is 27.3. The maximum Gasteiger partial charge on any atom is 0.142 e. The van der Waals surface area contributed by atoms with Crippen molar-refractivity contribution in [1.82, 2.24) is 30.0 Å². The van der Waals surface area contributed by atoms with Crippen molar-refractivity contribution in [2.45, 2.75) is 52.8 Å². The summed E-state index contributed by atoms with van der Waals surface area (Å²) >= 11 is 8.27. The maximum atomic E-state index is 13.8. The fraction of sp³-hybridized carbons (Fsp3) is 0.424. The molecule has 44 heavy (non-hydrogen) atoms. The molecule has 0 amide bonds. The second kappa shape index (κ2) is 15.1. The molecule has 1 aliphatic rings. The predicted octanol–water partition coefficient (Wildman–Crippen LogP) is 7.22. The van der Waals surface area contributed by atoms with E-state index in [1.165, 1.54) is 16.0 Å². The average Bonchev–Trinajstić information content (AvgIpc) is 3.60. The average molecular weight is 638 g/mol. The Morgan fingerprint density at radius 1 is 1.27 bits per heavy atom. The normalized spacial score (nSPS) is 13.6. The van der Waals surface area contributed by atoms with Gasteiger partial charge in [0.05, 0.1) is 22.6 Å². The lowest BCUT2D eigenvalue weighted by atomic mass is 9.95. The van der Waals surface area contributed by atoms with Gasteiger partial charge in [-0.3, -0.25) is 4.68 Å². The summed E-state index contributed by atoms with van der Waals surface area (Å²) in [5, 5.41) is 13.3. The molecule has 0 aliphatic heterocycles. The van der Waals surface area contributed by atoms with Gasteiger partial charge in [-0.25, -0.2) is 14.4 Å². The number of nitrogens with one attached hydrogen (secondary N) is 2. The summed E-state index contributed by atoms with van der Waals surface area (Å²) in [5.41, 5.74) is 5.20. The summed E-state index contributed by atoms with van der Waals surface area (Å²) in [6, 6.07) is 5.54. The molecule has 0 saturated heterocycles. The zero-order chi connectivity index (χ0) is 31.1. The van der Waals surface area contributed by atoms with E-state index >= 15 is 0 Å². The Morgan fingerprint density at radius 3 is 2.91 bits per heavy atom. The van der Waals surface area contributed by atoms with Crippen LogP contribution in [0.2, 0.25) is 5.02 Å². The van der Waals surface area contributed by atoms with E-state index in [2.05, 4.69) is 56.8 Å². The third kappa shape index (κ3) is 7.66. The topological polar surface area (TPSA) is 80.1 Å². The molecule has 1 atom stereocenters. The van der Waals surface area contributed by atoms with Gasteiger partial charge < -0.3 is 20.3 Å². The van der Waals surface area contributed by atoms with E-state index in [1.807, 2.05) is 25.1 Å². The summed E-state index contributed by atoms with van der Waals surface area (Å²) in [7, 11) is 0. The fourth-order valence-electron chi connectivity index (χ4n) is 5.43. The number of aromatic nitrogens is 4. The molecule has 1 aliphatic carbocycles. The second-order valence-electron chi connectivity index (χ2n) is 11.0. The lowest BCUT2D eigenvalue weighted by Crippen LogP contribution is -2.34. The number of alkyl halides is 1. The highest BCUT2D eigenvalue weighted by atomic mass is 35.5. The van der Waals surface area contributed by atoms with Gasteiger partial charge in [0.1, 0.15) is 35.5 Å². The first-order valence-corrected chi connectivity index (χ1v) is 16.5. The Balaban J connectivity index is 1.30. The van der Waals surface area contributed by atoms with Gasteiger partial charge in [0.15, 0.2) is 0 Å². The van der Waals surface area contributed by atoms with E-state index in [0.29, 0.717) is 10.8 Å². The quantitative estimate of drug-likeness (QED) is 0.0992. The number of thiophene rings is 1. The lowest BCUT2D eigenvalue weighted by Gasteiger charge is -2.20. The van der Waals surface area contributed by atoms with Crippen molar-refractivity contribution in [3.63, 3.8) is 0 Å². The molecular weight excluding hydrogens is 597 g/mol. The number of rotatable bonds is 16. The Morgan fingerprint density at radius 2 is 2.14 bits per heavy atom. The minimum atomic E-state index is -1.07. The van der Waals surface area contributed by atoms with Crippen molar-refractivity contribution in [1.29, 1.82) is 0 Å². The highest BCUT2D eigenvalue weighted by molar-refractivity contribution is 7.22. The molecule has 0 bridgehead atoms. The standard InChI is InChI=1S/C33H41ClFN7OS/c1-5-8-23(35)17-22(4)20-43-29-12-9-24(18-27(29)34)39-32-30-25-10-11-28-26(31(25)44-33(30)38-21-37-32)19-42(40-28)16-15-41(7-3)14-13-36-6-2/h5,9,12,17-19,21,23,36H,1,6-8,10-11,13-16,20H2,2-4H3,(H,37,38,39)/b22-17+. The Kier molecular flexibility index (Phi) is 11.0. The largest absolute Gasteiger partial charge is 0.488 e. The first-order valence-electron chi connectivity index (χ1n) is 15.3. The lowest BCUT2D eigenvalue weighted by molar-refractivity contribution is 0.271. The van der Waals surface area contributed by atoms with Crippen LogP contribution in [-0.4, -0.2) is 70.2 Å². The van der Waals surface area contributed by atoms with Crippen molar-refractivity contribution >= 4 is 44.7 Å². The third-order valence-electron chi connectivity index (χ3n) is 7.74. The number of nitrogens with zero attached hydrogens (tertiary/aromatic N) is 5. The highest BCUT2D eigenvalue weighted by Gasteiger charge is 2.26. The summed E-state index contributed by atoms with van der Waals surface area (Å²) in [5.74, 6) is 1.29. The SMILES string of the molecule is C=CCC(F)/C=C(\C)COc1ccc(Nc2ncnc3sc4c(c23)CCc2nn(CCN(CC)CCNCC)cc2-4)cc1Cl. The molecule has 4 aromatic rings. The molecule has 3 aromatic heterocycles. The maximum absolute atomic E-state index is 13.8. The van der Waals surface area contributed by atoms with Gasteiger partial charge in [0, 0.05) is 42.0 Å². The van der Waals surface area contributed by atoms with Crippen LogP contribution in [0.4, 0.5) is 15.9 Å². The number of anilines is 2. The van der Waals surface area contributed by atoms with Gasteiger partial charge in [-0.2, -0.15) is 5.10 Å². The number of allylic oxidation sites excluding steroid dienone is 2. The molecule has 234 valence electrons. The van der Waals surface area contributed by atoms with Gasteiger partial charge in [-0.05, 0) is 74.7 Å². The van der Waals surface area contributed by atoms with Gasteiger partial charge in [0.25, 0.3) is 0 Å². The fourth-order valence-corrected chi connectivity index (χ4v) is 6.89. The van der Waals surface area contributed by atoms with Gasteiger partial charge in [0.2, 0.25) is 0 Å². The Hall–Kier alpha value is -3.31. The second-order valence-corrected chi connectivity index (χ2v) is 12.4. The summed E-state index contributed by atoms with van der Waals surface area (Å²) in [4.78, 5) is 13.9. The highest BCUT2D eigenvalue weighted by Crippen LogP contribution is 2.45. The number of benzene rings is 1. The van der Waals surface area contributed by atoms with E-state index in [1.54, 1.807) is 29.8 Å². The van der Waals surface area contributed by atoms with Gasteiger partial charge in [-0.15, -0.1) is 17.9 Å². The van der Waals surface area contributed by atoms with Crippen LogP contribution in [-0.2, 0) is 19.4 Å². The summed E-state index contributed by atoms with van der Waals surface area (Å²) < 4.78 is 21.8. The van der Waals surface area contributed by atoms with Crippen molar-refractivity contribution in [2.75, 3.05) is 44.6 Å². The molecule has 1 unspecified atom stereocenters. The molecule has 0 saturated carbocycles. The summed E-state index contributed by atoms with van der Waals surface area (Å²) in [6.45, 7) is 15.9. The molecule has 0 radical (unpaired) electrons. The van der Waals surface area contributed by atoms with Crippen LogP contribution in [0.25, 0.3) is 20.7 Å². The third-order valence-corrected chi connectivity index (χ3v) is 9.20. The molecule has 2 N–H and O–H groups in total. The van der Waals surface area contributed by atoms with Crippen molar-refractivity contribution in [3.05, 3.63) is 71.3 Å². The number of ether oxygens (including phenoxy) is 1. The molecule has 3 heterocycles. The molecule has 1 aromatic carbocycles. The number of halogens is 2. The number of hydrogen-bond acceptors (Lipinski definition) is 8. The number of aryl methyl sites for hydroxylation is 2. The molecular formula is C33H41ClFN7OS. The predicted molar refractivity (Wildman–Crippen MR) is 180 cm³/mol. The van der Waals surface area contributed by atoms with E-state index in [-0.39, 0.29) is 13.0 Å². The molecule has 0 spiro atoms. The van der Waals surface area contributed by atoms with E-state index in [4.69, 9.17) is 21.4 Å². The van der Waals surface area contributed by atoms with Crippen molar-refractivity contribution in [3.8, 4) is 16.2 Å². The number of likely N-dealkylation sites (N-methyl/N-ethyl adjacent to an activating group) is 2. The van der Waals surface area contributed by atoms with Crippen LogP contribution in [0.5, 0.6) is 5.75 Å². The number of hydrogen-bond donors (Lipinski definition) is 2. The first kappa shape index (κ1) is 32.1. The van der Waals surface area contributed by atoms with E-state index in [0.717, 1.165) is 85.1 Å². The minimum absolute atomic E-state index is 0.253.